The van der Waals surface area contributed by atoms with E-state index in [4.69, 9.17) is 16.3 Å². The molecule has 0 saturated heterocycles. The van der Waals surface area contributed by atoms with Gasteiger partial charge in [0.25, 0.3) is 5.91 Å². The van der Waals surface area contributed by atoms with Crippen LogP contribution >= 0.6 is 23.4 Å². The fourth-order valence-electron chi connectivity index (χ4n) is 4.02. The lowest BCUT2D eigenvalue weighted by Crippen LogP contribution is -2.31. The Hall–Kier alpha value is -3.73. The Morgan fingerprint density at radius 3 is 2.53 bits per heavy atom. The Kier molecular flexibility index (Phi) is 7.99. The normalized spacial score (nSPS) is 15.2. The number of rotatable bonds is 7. The van der Waals surface area contributed by atoms with Crippen LogP contribution in [-0.4, -0.2) is 13.0 Å². The lowest BCUT2D eigenvalue weighted by Gasteiger charge is -2.30. The van der Waals surface area contributed by atoms with Crippen molar-refractivity contribution in [3.05, 3.63) is 117 Å². The minimum absolute atomic E-state index is 0.254. The van der Waals surface area contributed by atoms with Gasteiger partial charge < -0.3 is 15.4 Å². The van der Waals surface area contributed by atoms with E-state index in [0.29, 0.717) is 32.9 Å². The van der Waals surface area contributed by atoms with Gasteiger partial charge in [-0.15, -0.1) is 11.8 Å². The Morgan fingerprint density at radius 2 is 1.83 bits per heavy atom. The number of nitrogens with one attached hydrogen (secondary N) is 2. The second kappa shape index (κ2) is 11.3. The van der Waals surface area contributed by atoms with Gasteiger partial charge in [-0.1, -0.05) is 54.1 Å². The number of carbonyl (C=O) groups excluding carboxylic acids is 1. The number of carbonyl (C=O) groups is 1. The number of thioether (sulfide) groups is 1. The first kappa shape index (κ1) is 25.4. The number of methoxy groups -OCH3 is 1. The van der Waals surface area contributed by atoms with Gasteiger partial charge in [-0.05, 0) is 42.8 Å². The molecule has 3 aromatic rings. The third-order valence-electron chi connectivity index (χ3n) is 5.76. The molecule has 182 valence electrons. The second-order valence-corrected chi connectivity index (χ2v) is 9.46. The molecule has 36 heavy (non-hydrogen) atoms. The van der Waals surface area contributed by atoms with Crippen molar-refractivity contribution >= 4 is 35.0 Å². The third kappa shape index (κ3) is 5.40. The average Bonchev–Trinajstić information content (AvgIpc) is 2.88. The van der Waals surface area contributed by atoms with Gasteiger partial charge in [-0.2, -0.15) is 5.26 Å². The fourth-order valence-corrected chi connectivity index (χ4v) is 5.20. The Balaban J connectivity index is 1.74. The standard InChI is InChI=1S/C28H23ClFN3O2S/c1-17-25(27(34)33-23-9-5-6-10-24(23)35-2)26(20-7-3-4-8-22(20)30)21(15-31)28(32-17)36-16-18-11-13-19(29)14-12-18/h3-14,26,32H,16H2,1-2H3,(H,33,34)/t26-/m0/s1. The molecule has 0 bridgehead atoms. The lowest BCUT2D eigenvalue weighted by molar-refractivity contribution is -0.113. The molecular formula is C28H23ClFN3O2S. The highest BCUT2D eigenvalue weighted by molar-refractivity contribution is 8.02. The van der Waals surface area contributed by atoms with Crippen molar-refractivity contribution in [2.75, 3.05) is 12.4 Å². The van der Waals surface area contributed by atoms with Crippen molar-refractivity contribution in [3.63, 3.8) is 0 Å². The van der Waals surface area contributed by atoms with Crippen LogP contribution in [0.15, 0.2) is 94.7 Å². The molecule has 8 heteroatoms. The summed E-state index contributed by atoms with van der Waals surface area (Å²) in [5.74, 6) is -0.780. The summed E-state index contributed by atoms with van der Waals surface area (Å²) in [6.45, 7) is 1.75. The van der Waals surface area contributed by atoms with Crippen LogP contribution in [0.5, 0.6) is 5.75 Å². The highest BCUT2D eigenvalue weighted by Crippen LogP contribution is 2.42. The summed E-state index contributed by atoms with van der Waals surface area (Å²) in [5, 5.41) is 17.5. The molecule has 3 aromatic carbocycles. The molecule has 4 rings (SSSR count). The van der Waals surface area contributed by atoms with Gasteiger partial charge in [0.1, 0.15) is 11.6 Å². The maximum atomic E-state index is 15.1. The molecular weight excluding hydrogens is 497 g/mol. The molecule has 1 heterocycles. The summed E-state index contributed by atoms with van der Waals surface area (Å²) < 4.78 is 20.4. The van der Waals surface area contributed by atoms with Crippen LogP contribution in [0.1, 0.15) is 24.0 Å². The van der Waals surface area contributed by atoms with Gasteiger partial charge in [0, 0.05) is 27.6 Å². The summed E-state index contributed by atoms with van der Waals surface area (Å²) in [6, 6.07) is 22.9. The number of ether oxygens (including phenoxy) is 1. The van der Waals surface area contributed by atoms with Crippen LogP contribution in [-0.2, 0) is 10.5 Å². The average molecular weight is 520 g/mol. The molecule has 1 aliphatic rings. The van der Waals surface area contributed by atoms with Gasteiger partial charge in [0.15, 0.2) is 0 Å². The van der Waals surface area contributed by atoms with Crippen LogP contribution in [0.4, 0.5) is 10.1 Å². The van der Waals surface area contributed by atoms with Crippen LogP contribution in [0.3, 0.4) is 0 Å². The molecule has 0 unspecified atom stereocenters. The van der Waals surface area contributed by atoms with Crippen LogP contribution < -0.4 is 15.4 Å². The molecule has 1 aliphatic heterocycles. The Labute approximate surface area is 218 Å². The highest BCUT2D eigenvalue weighted by atomic mass is 35.5. The molecule has 0 saturated carbocycles. The summed E-state index contributed by atoms with van der Waals surface area (Å²) in [5.41, 5.74) is 2.81. The van der Waals surface area contributed by atoms with Crippen molar-refractivity contribution in [2.24, 2.45) is 0 Å². The Bertz CT molecular complexity index is 1400. The topological polar surface area (TPSA) is 74.2 Å². The van der Waals surface area contributed by atoms with E-state index in [1.54, 1.807) is 61.5 Å². The Morgan fingerprint density at radius 1 is 1.14 bits per heavy atom. The second-order valence-electron chi connectivity index (χ2n) is 8.04. The molecule has 1 amide bonds. The molecule has 0 radical (unpaired) electrons. The zero-order chi connectivity index (χ0) is 25.7. The number of hydrogen-bond donors (Lipinski definition) is 2. The third-order valence-corrected chi connectivity index (χ3v) is 7.10. The van der Waals surface area contributed by atoms with E-state index in [-0.39, 0.29) is 16.7 Å². The van der Waals surface area contributed by atoms with E-state index in [9.17, 15) is 10.1 Å². The van der Waals surface area contributed by atoms with Crippen molar-refractivity contribution in [1.29, 1.82) is 5.26 Å². The molecule has 2 N–H and O–H groups in total. The molecule has 1 atom stereocenters. The summed E-state index contributed by atoms with van der Waals surface area (Å²) in [4.78, 5) is 13.6. The van der Waals surface area contributed by atoms with Gasteiger partial charge in [-0.3, -0.25) is 4.79 Å². The molecule has 0 aromatic heterocycles. The van der Waals surface area contributed by atoms with E-state index in [0.717, 1.165) is 5.56 Å². The van der Waals surface area contributed by atoms with E-state index in [1.807, 2.05) is 12.1 Å². The van der Waals surface area contributed by atoms with E-state index in [1.165, 1.54) is 24.9 Å². The summed E-state index contributed by atoms with van der Waals surface area (Å²) >= 11 is 7.41. The van der Waals surface area contributed by atoms with Gasteiger partial charge in [0.2, 0.25) is 0 Å². The fraction of sp³-hybridized carbons (Fsp3) is 0.143. The summed E-state index contributed by atoms with van der Waals surface area (Å²) in [6.07, 6.45) is 0. The number of nitrogens with zero attached hydrogens (tertiary/aromatic N) is 1. The number of allylic oxidation sites excluding steroid dienone is 2. The number of dihydropyridines is 1. The number of halogens is 2. The maximum Gasteiger partial charge on any atom is 0.254 e. The number of anilines is 1. The first-order chi connectivity index (χ1) is 17.4. The van der Waals surface area contributed by atoms with Gasteiger partial charge in [0.05, 0.1) is 35.4 Å². The minimum Gasteiger partial charge on any atom is -0.495 e. The quantitative estimate of drug-likeness (QED) is 0.361. The van der Waals surface area contributed by atoms with Crippen molar-refractivity contribution in [1.82, 2.24) is 5.32 Å². The van der Waals surface area contributed by atoms with Gasteiger partial charge >= 0.3 is 0 Å². The predicted octanol–water partition coefficient (Wildman–Crippen LogP) is 6.76. The number of benzene rings is 3. The van der Waals surface area contributed by atoms with Crippen molar-refractivity contribution < 1.29 is 13.9 Å². The molecule has 0 fully saturated rings. The minimum atomic E-state index is -0.889. The smallest absolute Gasteiger partial charge is 0.254 e. The monoisotopic (exact) mass is 519 g/mol. The largest absolute Gasteiger partial charge is 0.495 e. The zero-order valence-corrected chi connectivity index (χ0v) is 21.2. The zero-order valence-electron chi connectivity index (χ0n) is 19.6. The summed E-state index contributed by atoms with van der Waals surface area (Å²) in [7, 11) is 1.51. The first-order valence-electron chi connectivity index (χ1n) is 11.1. The lowest BCUT2D eigenvalue weighted by atomic mass is 9.82. The van der Waals surface area contributed by atoms with Crippen molar-refractivity contribution in [3.8, 4) is 11.8 Å². The predicted molar refractivity (Wildman–Crippen MR) is 142 cm³/mol. The van der Waals surface area contributed by atoms with Crippen LogP contribution in [0.2, 0.25) is 5.02 Å². The maximum absolute atomic E-state index is 15.1. The molecule has 0 aliphatic carbocycles. The first-order valence-corrected chi connectivity index (χ1v) is 12.5. The molecule has 0 spiro atoms. The van der Waals surface area contributed by atoms with Crippen LogP contribution in [0.25, 0.3) is 0 Å². The van der Waals surface area contributed by atoms with E-state index < -0.39 is 17.6 Å². The molecule has 5 nitrogen and oxygen atoms in total. The number of nitriles is 1. The SMILES string of the molecule is COc1ccccc1NC(=O)C1=C(C)NC(SCc2ccc(Cl)cc2)=C(C#N)[C@@H]1c1ccccc1F. The number of amides is 1. The van der Waals surface area contributed by atoms with Crippen molar-refractivity contribution in [2.45, 2.75) is 18.6 Å². The van der Waals surface area contributed by atoms with Gasteiger partial charge in [-0.25, -0.2) is 4.39 Å². The van der Waals surface area contributed by atoms with Crippen LogP contribution in [0, 0.1) is 17.1 Å². The van der Waals surface area contributed by atoms with E-state index in [2.05, 4.69) is 16.7 Å². The number of para-hydroxylation sites is 2. The van der Waals surface area contributed by atoms with E-state index >= 15 is 4.39 Å². The highest BCUT2D eigenvalue weighted by Gasteiger charge is 2.36. The number of hydrogen-bond acceptors (Lipinski definition) is 5.